The van der Waals surface area contributed by atoms with Crippen LogP contribution in [0.4, 0.5) is 0 Å². The predicted octanol–water partition coefficient (Wildman–Crippen LogP) is 3.59. The number of thioether (sulfide) groups is 1. The van der Waals surface area contributed by atoms with Crippen molar-refractivity contribution in [1.29, 1.82) is 0 Å². The van der Waals surface area contributed by atoms with Crippen LogP contribution in [0, 0.1) is 19.3 Å². The Kier molecular flexibility index (Phi) is 4.63. The van der Waals surface area contributed by atoms with E-state index in [9.17, 15) is 4.79 Å². The number of aryl methyl sites for hydroxylation is 2. The molecule has 2 nitrogen and oxygen atoms in total. The van der Waals surface area contributed by atoms with Crippen LogP contribution in [0.3, 0.4) is 0 Å². The number of methoxy groups -OCH3 is 1. The predicted molar refractivity (Wildman–Crippen MR) is 72.4 cm³/mol. The van der Waals surface area contributed by atoms with E-state index in [4.69, 9.17) is 4.74 Å². The maximum atomic E-state index is 11.6. The maximum Gasteiger partial charge on any atom is 0.312 e. The topological polar surface area (TPSA) is 26.3 Å². The minimum atomic E-state index is -0.449. The first-order valence-electron chi connectivity index (χ1n) is 5.65. The number of carbonyl (C=O) groups excluding carboxylic acids is 1. The molecule has 0 aliphatic heterocycles. The van der Waals surface area contributed by atoms with E-state index in [0.717, 1.165) is 5.75 Å². The van der Waals surface area contributed by atoms with E-state index in [1.807, 2.05) is 13.8 Å². The van der Waals surface area contributed by atoms with Crippen LogP contribution in [0.15, 0.2) is 23.1 Å². The lowest BCUT2D eigenvalue weighted by molar-refractivity contribution is -0.149. The van der Waals surface area contributed by atoms with Crippen LogP contribution in [0.2, 0.25) is 0 Å². The Morgan fingerprint density at radius 2 is 2.00 bits per heavy atom. The molecule has 1 aromatic carbocycles. The average molecular weight is 252 g/mol. The summed E-state index contributed by atoms with van der Waals surface area (Å²) in [7, 11) is 1.44. The minimum absolute atomic E-state index is 0.157. The van der Waals surface area contributed by atoms with Crippen LogP contribution in [-0.4, -0.2) is 18.8 Å². The van der Waals surface area contributed by atoms with Crippen molar-refractivity contribution in [2.24, 2.45) is 5.41 Å². The smallest absolute Gasteiger partial charge is 0.312 e. The molecule has 0 spiro atoms. The third-order valence-corrected chi connectivity index (χ3v) is 4.29. The molecule has 0 radical (unpaired) electrons. The highest BCUT2D eigenvalue weighted by atomic mass is 32.2. The van der Waals surface area contributed by atoms with Crippen LogP contribution < -0.4 is 0 Å². The number of benzene rings is 1. The summed E-state index contributed by atoms with van der Waals surface area (Å²) in [4.78, 5) is 12.8. The van der Waals surface area contributed by atoms with Gasteiger partial charge in [0.2, 0.25) is 0 Å². The van der Waals surface area contributed by atoms with Crippen LogP contribution in [-0.2, 0) is 9.53 Å². The molecule has 0 amide bonds. The van der Waals surface area contributed by atoms with Gasteiger partial charge in [0.25, 0.3) is 0 Å². The summed E-state index contributed by atoms with van der Waals surface area (Å²) in [5, 5.41) is 0. The van der Waals surface area contributed by atoms with Gasteiger partial charge in [-0.05, 0) is 39.3 Å². The molecule has 0 aliphatic carbocycles. The van der Waals surface area contributed by atoms with E-state index in [0.29, 0.717) is 0 Å². The number of rotatable bonds is 4. The molecule has 0 saturated heterocycles. The second kappa shape index (κ2) is 5.58. The molecular formula is C14H20O2S. The maximum absolute atomic E-state index is 11.6. The van der Waals surface area contributed by atoms with E-state index < -0.39 is 5.41 Å². The molecular weight excluding hydrogens is 232 g/mol. The summed E-state index contributed by atoms with van der Waals surface area (Å²) in [6, 6.07) is 6.38. The van der Waals surface area contributed by atoms with Crippen LogP contribution in [0.5, 0.6) is 0 Å². The van der Waals surface area contributed by atoms with Crippen molar-refractivity contribution in [3.05, 3.63) is 29.3 Å². The van der Waals surface area contributed by atoms with Crippen molar-refractivity contribution in [1.82, 2.24) is 0 Å². The van der Waals surface area contributed by atoms with Gasteiger partial charge in [-0.3, -0.25) is 4.79 Å². The standard InChI is InChI=1S/C14H20O2S/c1-10-6-7-11(2)12(8-10)17-9-14(3,4)13(15)16-5/h6-8H,9H2,1-5H3. The van der Waals surface area contributed by atoms with Crippen LogP contribution in [0.25, 0.3) is 0 Å². The number of ether oxygens (including phenoxy) is 1. The molecule has 1 rings (SSSR count). The van der Waals surface area contributed by atoms with Crippen LogP contribution >= 0.6 is 11.8 Å². The average Bonchev–Trinajstić information content (AvgIpc) is 2.29. The molecule has 94 valence electrons. The molecule has 0 saturated carbocycles. The fraction of sp³-hybridized carbons (Fsp3) is 0.500. The van der Waals surface area contributed by atoms with Gasteiger partial charge in [0.1, 0.15) is 0 Å². The summed E-state index contributed by atoms with van der Waals surface area (Å²) < 4.78 is 4.81. The lowest BCUT2D eigenvalue weighted by Gasteiger charge is -2.21. The second-order valence-electron chi connectivity index (χ2n) is 4.93. The molecule has 0 heterocycles. The molecule has 3 heteroatoms. The van der Waals surface area contributed by atoms with Crippen molar-refractivity contribution < 1.29 is 9.53 Å². The van der Waals surface area contributed by atoms with Crippen molar-refractivity contribution in [2.45, 2.75) is 32.6 Å². The summed E-state index contributed by atoms with van der Waals surface area (Å²) in [5.74, 6) is 0.569. The molecule has 0 fully saturated rings. The molecule has 1 aromatic rings. The van der Waals surface area contributed by atoms with Gasteiger partial charge >= 0.3 is 5.97 Å². The zero-order valence-electron chi connectivity index (χ0n) is 11.2. The van der Waals surface area contributed by atoms with Gasteiger partial charge in [0, 0.05) is 10.6 Å². The Morgan fingerprint density at radius 3 is 2.59 bits per heavy atom. The highest BCUT2D eigenvalue weighted by molar-refractivity contribution is 7.99. The quantitative estimate of drug-likeness (QED) is 0.605. The summed E-state index contributed by atoms with van der Waals surface area (Å²) >= 11 is 1.71. The SMILES string of the molecule is COC(=O)C(C)(C)CSc1cc(C)ccc1C. The number of hydrogen-bond acceptors (Lipinski definition) is 3. The normalized spacial score (nSPS) is 11.4. The number of hydrogen-bond donors (Lipinski definition) is 0. The molecule has 0 unspecified atom stereocenters. The number of esters is 1. The number of carbonyl (C=O) groups is 1. The Morgan fingerprint density at radius 1 is 1.35 bits per heavy atom. The Labute approximate surface area is 108 Å². The molecule has 17 heavy (non-hydrogen) atoms. The third kappa shape index (κ3) is 3.77. The monoisotopic (exact) mass is 252 g/mol. The Bertz CT molecular complexity index is 411. The molecule has 0 N–H and O–H groups in total. The first kappa shape index (κ1) is 14.1. The highest BCUT2D eigenvalue weighted by Gasteiger charge is 2.28. The summed E-state index contributed by atoms with van der Waals surface area (Å²) in [6.45, 7) is 8.00. The van der Waals surface area contributed by atoms with Crippen molar-refractivity contribution in [3.8, 4) is 0 Å². The summed E-state index contributed by atoms with van der Waals surface area (Å²) in [5.41, 5.74) is 2.05. The fourth-order valence-corrected chi connectivity index (χ4v) is 2.66. The third-order valence-electron chi connectivity index (χ3n) is 2.67. The van der Waals surface area contributed by atoms with Crippen LogP contribution in [0.1, 0.15) is 25.0 Å². The largest absolute Gasteiger partial charge is 0.469 e. The van der Waals surface area contributed by atoms with E-state index in [1.165, 1.54) is 23.1 Å². The second-order valence-corrected chi connectivity index (χ2v) is 5.95. The minimum Gasteiger partial charge on any atom is -0.469 e. The highest BCUT2D eigenvalue weighted by Crippen LogP contribution is 2.31. The lowest BCUT2D eigenvalue weighted by atomic mass is 9.97. The van der Waals surface area contributed by atoms with Crippen molar-refractivity contribution >= 4 is 17.7 Å². The van der Waals surface area contributed by atoms with E-state index >= 15 is 0 Å². The fourth-order valence-electron chi connectivity index (χ4n) is 1.46. The van der Waals surface area contributed by atoms with Gasteiger partial charge in [0.15, 0.2) is 0 Å². The van der Waals surface area contributed by atoms with Gasteiger partial charge < -0.3 is 4.74 Å². The molecule has 0 aromatic heterocycles. The lowest BCUT2D eigenvalue weighted by Crippen LogP contribution is -2.28. The first-order valence-corrected chi connectivity index (χ1v) is 6.64. The van der Waals surface area contributed by atoms with Gasteiger partial charge in [-0.15, -0.1) is 11.8 Å². The molecule has 0 aliphatic rings. The van der Waals surface area contributed by atoms with Crippen molar-refractivity contribution in [2.75, 3.05) is 12.9 Å². The Balaban J connectivity index is 2.73. The van der Waals surface area contributed by atoms with Gasteiger partial charge in [-0.1, -0.05) is 17.7 Å². The zero-order valence-corrected chi connectivity index (χ0v) is 12.0. The van der Waals surface area contributed by atoms with Gasteiger partial charge in [-0.25, -0.2) is 0 Å². The summed E-state index contributed by atoms with van der Waals surface area (Å²) in [6.07, 6.45) is 0. The van der Waals surface area contributed by atoms with Gasteiger partial charge in [-0.2, -0.15) is 0 Å². The van der Waals surface area contributed by atoms with Gasteiger partial charge in [0.05, 0.1) is 12.5 Å². The zero-order chi connectivity index (χ0) is 13.1. The van der Waals surface area contributed by atoms with E-state index in [2.05, 4.69) is 32.0 Å². The first-order chi connectivity index (χ1) is 7.86. The van der Waals surface area contributed by atoms with E-state index in [1.54, 1.807) is 11.8 Å². The van der Waals surface area contributed by atoms with E-state index in [-0.39, 0.29) is 5.97 Å². The molecule has 0 bridgehead atoms. The van der Waals surface area contributed by atoms with Crippen molar-refractivity contribution in [3.63, 3.8) is 0 Å². The Hall–Kier alpha value is -0.960. The molecule has 0 atom stereocenters.